The maximum Gasteiger partial charge on any atom is 0.255 e. The minimum atomic E-state index is -0.547. The lowest BCUT2D eigenvalue weighted by Gasteiger charge is -2.39. The minimum absolute atomic E-state index is 0.0682. The van der Waals surface area contributed by atoms with Gasteiger partial charge in [-0.1, -0.05) is 12.8 Å². The number of nitrogens with zero attached hydrogens (tertiary/aromatic N) is 4. The van der Waals surface area contributed by atoms with Crippen LogP contribution in [-0.2, 0) is 4.79 Å². The topological polar surface area (TPSA) is 115 Å². The Morgan fingerprint density at radius 1 is 1.24 bits per heavy atom. The number of hydrogen-bond acceptors (Lipinski definition) is 5. The molecule has 0 radical (unpaired) electrons. The van der Waals surface area contributed by atoms with E-state index in [0.29, 0.717) is 35.7 Å². The van der Waals surface area contributed by atoms with Crippen molar-refractivity contribution < 1.29 is 9.59 Å². The highest BCUT2D eigenvalue weighted by atomic mass is 16.2. The van der Waals surface area contributed by atoms with Crippen molar-refractivity contribution in [2.75, 3.05) is 13.1 Å². The molecule has 2 aromatic rings. The molecule has 0 aromatic carbocycles. The standard InChI is InChI=1S/C21H24N6O2/c22-7-12-10-27(11-12)21(29)17(14-3-1-2-4-14)26-20(28)15-8-23-19-18(15)25-16(9-24-19)13-5-6-13/h8-9,12-14,17H,1-6,10-11H2,(H,23,24)(H,26,28)/t17-/m1/s1. The summed E-state index contributed by atoms with van der Waals surface area (Å²) in [4.78, 5) is 40.0. The molecular formula is C21H24N6O2. The Labute approximate surface area is 168 Å². The second kappa shape index (κ2) is 7.14. The summed E-state index contributed by atoms with van der Waals surface area (Å²) in [5.41, 5.74) is 2.52. The molecule has 0 unspecified atom stereocenters. The molecule has 0 spiro atoms. The Morgan fingerprint density at radius 2 is 2.00 bits per heavy atom. The van der Waals surface area contributed by atoms with Crippen molar-refractivity contribution in [3.8, 4) is 6.07 Å². The minimum Gasteiger partial charge on any atom is -0.344 e. The van der Waals surface area contributed by atoms with Crippen LogP contribution in [0.25, 0.3) is 11.2 Å². The van der Waals surface area contributed by atoms with Crippen molar-refractivity contribution in [1.29, 1.82) is 5.26 Å². The first-order valence-corrected chi connectivity index (χ1v) is 10.5. The summed E-state index contributed by atoms with van der Waals surface area (Å²) in [7, 11) is 0. The van der Waals surface area contributed by atoms with Crippen molar-refractivity contribution in [2.24, 2.45) is 11.8 Å². The van der Waals surface area contributed by atoms with E-state index in [1.54, 1.807) is 17.3 Å². The normalized spacial score (nSPS) is 21.0. The summed E-state index contributed by atoms with van der Waals surface area (Å²) >= 11 is 0. The molecule has 2 saturated carbocycles. The second-order valence-electron chi connectivity index (χ2n) is 8.53. The number of rotatable bonds is 5. The lowest BCUT2D eigenvalue weighted by atomic mass is 9.93. The highest BCUT2D eigenvalue weighted by Crippen LogP contribution is 2.39. The van der Waals surface area contributed by atoms with E-state index in [2.05, 4.69) is 26.3 Å². The van der Waals surface area contributed by atoms with Gasteiger partial charge in [0.05, 0.1) is 29.4 Å². The molecule has 150 valence electrons. The van der Waals surface area contributed by atoms with Crippen LogP contribution in [0.1, 0.15) is 60.5 Å². The van der Waals surface area contributed by atoms with Crippen molar-refractivity contribution in [2.45, 2.75) is 50.5 Å². The van der Waals surface area contributed by atoms with Gasteiger partial charge in [-0.15, -0.1) is 0 Å². The molecule has 1 saturated heterocycles. The number of nitriles is 1. The van der Waals surface area contributed by atoms with E-state index in [4.69, 9.17) is 5.26 Å². The summed E-state index contributed by atoms with van der Waals surface area (Å²) < 4.78 is 0. The van der Waals surface area contributed by atoms with Gasteiger partial charge in [-0.05, 0) is 31.6 Å². The second-order valence-corrected chi connectivity index (χ2v) is 8.53. The van der Waals surface area contributed by atoms with Gasteiger partial charge in [0.15, 0.2) is 5.65 Å². The quantitative estimate of drug-likeness (QED) is 0.809. The maximum absolute atomic E-state index is 13.1. The molecule has 8 nitrogen and oxygen atoms in total. The van der Waals surface area contributed by atoms with E-state index in [-0.39, 0.29) is 23.7 Å². The summed E-state index contributed by atoms with van der Waals surface area (Å²) in [6.07, 6.45) is 9.66. The highest BCUT2D eigenvalue weighted by molar-refractivity contribution is 6.06. The van der Waals surface area contributed by atoms with Crippen LogP contribution in [0.4, 0.5) is 0 Å². The number of hydrogen-bond donors (Lipinski definition) is 2. The van der Waals surface area contributed by atoms with Crippen LogP contribution < -0.4 is 5.32 Å². The fraction of sp³-hybridized carbons (Fsp3) is 0.571. The SMILES string of the molecule is N#CC1CN(C(=O)[C@H](NC(=O)c2c[nH]c3ncc(C4CC4)nc23)C2CCCC2)C1. The van der Waals surface area contributed by atoms with Crippen molar-refractivity contribution in [3.63, 3.8) is 0 Å². The molecule has 2 aromatic heterocycles. The first-order chi connectivity index (χ1) is 14.1. The molecule has 3 fully saturated rings. The molecule has 2 aliphatic carbocycles. The number of aromatic nitrogens is 3. The average molecular weight is 392 g/mol. The van der Waals surface area contributed by atoms with Gasteiger partial charge in [-0.2, -0.15) is 5.26 Å². The summed E-state index contributed by atoms with van der Waals surface area (Å²) in [5.74, 6) is 0.141. The zero-order valence-corrected chi connectivity index (χ0v) is 16.2. The fourth-order valence-corrected chi connectivity index (χ4v) is 4.48. The smallest absolute Gasteiger partial charge is 0.255 e. The Kier molecular flexibility index (Phi) is 4.46. The van der Waals surface area contributed by atoms with Crippen LogP contribution in [0, 0.1) is 23.2 Å². The third kappa shape index (κ3) is 3.35. The van der Waals surface area contributed by atoms with Crippen LogP contribution >= 0.6 is 0 Å². The maximum atomic E-state index is 13.1. The molecule has 1 atom stereocenters. The number of likely N-dealkylation sites (tertiary alicyclic amines) is 1. The van der Waals surface area contributed by atoms with E-state index in [1.165, 1.54) is 0 Å². The molecule has 8 heteroatoms. The first kappa shape index (κ1) is 18.1. The Hall–Kier alpha value is -2.95. The van der Waals surface area contributed by atoms with Crippen LogP contribution in [0.5, 0.6) is 0 Å². The van der Waals surface area contributed by atoms with Crippen molar-refractivity contribution >= 4 is 23.0 Å². The van der Waals surface area contributed by atoms with Crippen molar-refractivity contribution in [3.05, 3.63) is 23.7 Å². The number of H-pyrrole nitrogens is 1. The van der Waals surface area contributed by atoms with Gasteiger partial charge in [0.25, 0.3) is 5.91 Å². The predicted octanol–water partition coefficient (Wildman–Crippen LogP) is 2.11. The lowest BCUT2D eigenvalue weighted by molar-refractivity contribution is -0.139. The highest BCUT2D eigenvalue weighted by Gasteiger charge is 2.40. The summed E-state index contributed by atoms with van der Waals surface area (Å²) in [5, 5.41) is 12.0. The third-order valence-corrected chi connectivity index (χ3v) is 6.44. The zero-order valence-electron chi connectivity index (χ0n) is 16.2. The Morgan fingerprint density at radius 3 is 2.69 bits per heavy atom. The van der Waals surface area contributed by atoms with E-state index in [9.17, 15) is 9.59 Å². The largest absolute Gasteiger partial charge is 0.344 e. The van der Waals surface area contributed by atoms with Gasteiger partial charge in [0, 0.05) is 25.2 Å². The zero-order chi connectivity index (χ0) is 20.0. The van der Waals surface area contributed by atoms with Gasteiger partial charge >= 0.3 is 0 Å². The summed E-state index contributed by atoms with van der Waals surface area (Å²) in [6.45, 7) is 0.912. The molecule has 0 bridgehead atoms. The van der Waals surface area contributed by atoms with Gasteiger partial charge < -0.3 is 15.2 Å². The molecule has 3 heterocycles. The van der Waals surface area contributed by atoms with Gasteiger partial charge in [-0.3, -0.25) is 9.59 Å². The molecule has 2 N–H and O–H groups in total. The van der Waals surface area contributed by atoms with Gasteiger partial charge in [0.2, 0.25) is 5.91 Å². The lowest BCUT2D eigenvalue weighted by Crippen LogP contribution is -2.58. The van der Waals surface area contributed by atoms with E-state index in [1.807, 2.05) is 0 Å². The molecule has 5 rings (SSSR count). The van der Waals surface area contributed by atoms with Crippen LogP contribution in [0.3, 0.4) is 0 Å². The van der Waals surface area contributed by atoms with Crippen molar-refractivity contribution in [1.82, 2.24) is 25.2 Å². The third-order valence-electron chi connectivity index (χ3n) is 6.44. The van der Waals surface area contributed by atoms with E-state index in [0.717, 1.165) is 44.2 Å². The number of carbonyl (C=O) groups excluding carboxylic acids is 2. The van der Waals surface area contributed by atoms with Crippen LogP contribution in [0.2, 0.25) is 0 Å². The molecule has 1 aliphatic heterocycles. The van der Waals surface area contributed by atoms with Crippen LogP contribution in [-0.4, -0.2) is 50.8 Å². The van der Waals surface area contributed by atoms with E-state index < -0.39 is 6.04 Å². The summed E-state index contributed by atoms with van der Waals surface area (Å²) in [6, 6.07) is 1.65. The molecule has 3 aliphatic rings. The predicted molar refractivity (Wildman–Crippen MR) is 105 cm³/mol. The Bertz CT molecular complexity index is 992. The Balaban J connectivity index is 1.37. The van der Waals surface area contributed by atoms with Gasteiger partial charge in [-0.25, -0.2) is 9.97 Å². The molecule has 2 amide bonds. The number of nitrogens with one attached hydrogen (secondary N) is 2. The first-order valence-electron chi connectivity index (χ1n) is 10.5. The number of fused-ring (bicyclic) bond motifs is 1. The van der Waals surface area contributed by atoms with Gasteiger partial charge in [0.1, 0.15) is 11.6 Å². The van der Waals surface area contributed by atoms with Crippen LogP contribution in [0.15, 0.2) is 12.4 Å². The number of carbonyl (C=O) groups is 2. The molecular weight excluding hydrogens is 368 g/mol. The number of aromatic amines is 1. The van der Waals surface area contributed by atoms with E-state index >= 15 is 0 Å². The molecule has 29 heavy (non-hydrogen) atoms. The average Bonchev–Trinajstić information content (AvgIpc) is 3.23. The monoisotopic (exact) mass is 392 g/mol. The number of amides is 2. The fourth-order valence-electron chi connectivity index (χ4n) is 4.48.